The molecule has 0 radical (unpaired) electrons. The zero-order valence-electron chi connectivity index (χ0n) is 16.4. The van der Waals surface area contributed by atoms with Gasteiger partial charge in [0.2, 0.25) is 5.91 Å². The predicted octanol–water partition coefficient (Wildman–Crippen LogP) is 2.42. The Kier molecular flexibility index (Phi) is 7.02. The summed E-state index contributed by atoms with van der Waals surface area (Å²) in [5.74, 6) is 0.241. The van der Waals surface area contributed by atoms with Gasteiger partial charge in [0.1, 0.15) is 30.0 Å². The van der Waals surface area contributed by atoms with Gasteiger partial charge in [-0.15, -0.1) is 0 Å². The number of aliphatic hydroxyl groups excluding tert-OH is 1. The number of halogens is 1. The van der Waals surface area contributed by atoms with Crippen LogP contribution in [0.1, 0.15) is 13.3 Å². The van der Waals surface area contributed by atoms with Crippen molar-refractivity contribution in [2.45, 2.75) is 25.6 Å². The number of amides is 2. The first-order chi connectivity index (χ1) is 14.3. The lowest BCUT2D eigenvalue weighted by Crippen LogP contribution is -2.39. The van der Waals surface area contributed by atoms with Crippen molar-refractivity contribution in [2.24, 2.45) is 0 Å². The lowest BCUT2D eigenvalue weighted by molar-refractivity contribution is -0.134. The SMILES string of the molecule is CC(=O)Nc1ccc(O)cc1OC[C@@H](O)CN1CCC(Oc2ccc(Cl)cc2)C1=O. The standard InChI is InChI=1S/C21H23ClN2O6/c1-13(25)23-18-7-4-15(26)10-20(18)29-12-16(27)11-24-9-8-19(21(24)28)30-17-5-2-14(22)3-6-17/h2-7,10,16,19,26-27H,8-9,11-12H2,1H3,(H,23,25)/t16-,19?/m0/s1. The average Bonchev–Trinajstić information content (AvgIpc) is 3.03. The number of anilines is 1. The van der Waals surface area contributed by atoms with Crippen molar-refractivity contribution in [2.75, 3.05) is 25.0 Å². The molecule has 1 heterocycles. The Morgan fingerprint density at radius 3 is 2.73 bits per heavy atom. The fraction of sp³-hybridized carbons (Fsp3) is 0.333. The van der Waals surface area contributed by atoms with Crippen LogP contribution in [-0.2, 0) is 9.59 Å². The lowest BCUT2D eigenvalue weighted by Gasteiger charge is -2.21. The molecule has 1 aliphatic rings. The van der Waals surface area contributed by atoms with Gasteiger partial charge in [-0.05, 0) is 36.4 Å². The molecule has 1 saturated heterocycles. The maximum Gasteiger partial charge on any atom is 0.263 e. The van der Waals surface area contributed by atoms with Crippen LogP contribution in [0.15, 0.2) is 42.5 Å². The second-order valence-electron chi connectivity index (χ2n) is 6.96. The van der Waals surface area contributed by atoms with Crippen molar-refractivity contribution in [3.8, 4) is 17.2 Å². The summed E-state index contributed by atoms with van der Waals surface area (Å²) < 4.78 is 11.3. The average molecular weight is 435 g/mol. The van der Waals surface area contributed by atoms with Crippen molar-refractivity contribution >= 4 is 29.1 Å². The van der Waals surface area contributed by atoms with Crippen LogP contribution in [0.3, 0.4) is 0 Å². The Hall–Kier alpha value is -2.97. The fourth-order valence-electron chi connectivity index (χ4n) is 3.09. The second kappa shape index (κ2) is 9.69. The number of carbonyl (C=O) groups is 2. The number of phenolic OH excluding ortho intramolecular Hbond substituents is 1. The van der Waals surface area contributed by atoms with Gasteiger partial charge in [-0.1, -0.05) is 11.6 Å². The smallest absolute Gasteiger partial charge is 0.263 e. The first kappa shape index (κ1) is 21.7. The first-order valence-corrected chi connectivity index (χ1v) is 9.82. The largest absolute Gasteiger partial charge is 0.508 e. The van der Waals surface area contributed by atoms with Crippen molar-refractivity contribution < 1.29 is 29.3 Å². The highest BCUT2D eigenvalue weighted by Crippen LogP contribution is 2.29. The van der Waals surface area contributed by atoms with Gasteiger partial charge >= 0.3 is 0 Å². The Morgan fingerprint density at radius 2 is 2.03 bits per heavy atom. The van der Waals surface area contributed by atoms with E-state index < -0.39 is 12.2 Å². The maximum atomic E-state index is 12.5. The van der Waals surface area contributed by atoms with Gasteiger partial charge in [0, 0.05) is 31.0 Å². The normalized spacial score (nSPS) is 17.0. The van der Waals surface area contributed by atoms with Gasteiger partial charge in [-0.2, -0.15) is 0 Å². The van der Waals surface area contributed by atoms with Crippen LogP contribution in [0.4, 0.5) is 5.69 Å². The number of aromatic hydroxyl groups is 1. The topological polar surface area (TPSA) is 108 Å². The molecule has 160 valence electrons. The lowest BCUT2D eigenvalue weighted by atomic mass is 10.2. The quantitative estimate of drug-likeness (QED) is 0.551. The Morgan fingerprint density at radius 1 is 1.30 bits per heavy atom. The molecule has 3 N–H and O–H groups in total. The molecule has 30 heavy (non-hydrogen) atoms. The summed E-state index contributed by atoms with van der Waals surface area (Å²) in [7, 11) is 0. The number of β-amino-alcohol motifs (C(OH)–C–C–N with tert-alkyl or cyclic N) is 1. The highest BCUT2D eigenvalue weighted by atomic mass is 35.5. The predicted molar refractivity (Wildman–Crippen MR) is 111 cm³/mol. The molecule has 0 bridgehead atoms. The molecule has 0 spiro atoms. The molecule has 0 saturated carbocycles. The molecule has 2 aromatic carbocycles. The Labute approximate surface area is 179 Å². The zero-order valence-corrected chi connectivity index (χ0v) is 17.1. The van der Waals surface area contributed by atoms with E-state index in [0.29, 0.717) is 29.4 Å². The number of phenols is 1. The molecule has 0 aliphatic carbocycles. The molecular formula is C21H23ClN2O6. The van der Waals surface area contributed by atoms with E-state index in [9.17, 15) is 19.8 Å². The summed E-state index contributed by atoms with van der Waals surface area (Å²) in [5, 5.41) is 23.1. The van der Waals surface area contributed by atoms with E-state index in [2.05, 4.69) is 5.32 Å². The molecule has 2 atom stereocenters. The number of nitrogens with zero attached hydrogens (tertiary/aromatic N) is 1. The monoisotopic (exact) mass is 434 g/mol. The highest BCUT2D eigenvalue weighted by molar-refractivity contribution is 6.30. The van der Waals surface area contributed by atoms with Crippen LogP contribution in [0.25, 0.3) is 0 Å². The zero-order chi connectivity index (χ0) is 21.7. The molecule has 2 aromatic rings. The fourth-order valence-corrected chi connectivity index (χ4v) is 3.22. The van der Waals surface area contributed by atoms with Gasteiger partial charge in [0.15, 0.2) is 6.10 Å². The number of hydrogen-bond donors (Lipinski definition) is 3. The summed E-state index contributed by atoms with van der Waals surface area (Å²) in [6, 6.07) is 11.0. The minimum Gasteiger partial charge on any atom is -0.508 e. The highest BCUT2D eigenvalue weighted by Gasteiger charge is 2.34. The van der Waals surface area contributed by atoms with E-state index in [-0.39, 0.29) is 36.5 Å². The number of likely N-dealkylation sites (tertiary alicyclic amines) is 1. The van der Waals surface area contributed by atoms with E-state index in [4.69, 9.17) is 21.1 Å². The molecule has 3 rings (SSSR count). The molecular weight excluding hydrogens is 412 g/mol. The molecule has 0 aromatic heterocycles. The number of ether oxygens (including phenoxy) is 2. The van der Waals surface area contributed by atoms with E-state index >= 15 is 0 Å². The van der Waals surface area contributed by atoms with Crippen LogP contribution in [0.2, 0.25) is 5.02 Å². The van der Waals surface area contributed by atoms with Crippen molar-refractivity contribution in [3.63, 3.8) is 0 Å². The third-order valence-electron chi connectivity index (χ3n) is 4.48. The number of nitrogens with one attached hydrogen (secondary N) is 1. The molecule has 9 heteroatoms. The molecule has 1 fully saturated rings. The summed E-state index contributed by atoms with van der Waals surface area (Å²) in [5.41, 5.74) is 0.376. The number of aliphatic hydroxyl groups is 1. The van der Waals surface area contributed by atoms with Crippen LogP contribution in [0, 0.1) is 0 Å². The molecule has 8 nitrogen and oxygen atoms in total. The van der Waals surface area contributed by atoms with Gasteiger partial charge in [-0.3, -0.25) is 9.59 Å². The maximum absolute atomic E-state index is 12.5. The van der Waals surface area contributed by atoms with Crippen molar-refractivity contribution in [1.29, 1.82) is 0 Å². The summed E-state index contributed by atoms with van der Waals surface area (Å²) in [6.45, 7) is 1.76. The summed E-state index contributed by atoms with van der Waals surface area (Å²) >= 11 is 5.85. The van der Waals surface area contributed by atoms with Gasteiger partial charge in [0.25, 0.3) is 5.91 Å². The van der Waals surface area contributed by atoms with E-state index in [1.807, 2.05) is 0 Å². The minimum absolute atomic E-state index is 0.0366. The van der Waals surface area contributed by atoms with E-state index in [1.165, 1.54) is 30.0 Å². The van der Waals surface area contributed by atoms with E-state index in [0.717, 1.165) is 0 Å². The Balaban J connectivity index is 1.52. The van der Waals surface area contributed by atoms with Gasteiger partial charge in [0.05, 0.1) is 12.2 Å². The second-order valence-corrected chi connectivity index (χ2v) is 7.40. The first-order valence-electron chi connectivity index (χ1n) is 9.44. The Bertz CT molecular complexity index is 905. The number of rotatable bonds is 8. The van der Waals surface area contributed by atoms with Crippen molar-refractivity contribution in [3.05, 3.63) is 47.5 Å². The summed E-state index contributed by atoms with van der Waals surface area (Å²) in [4.78, 5) is 25.4. The van der Waals surface area contributed by atoms with Crippen LogP contribution in [0.5, 0.6) is 17.2 Å². The minimum atomic E-state index is -0.962. The molecule has 1 unspecified atom stereocenters. The summed E-state index contributed by atoms with van der Waals surface area (Å²) in [6.07, 6.45) is -1.07. The number of hydrogen-bond acceptors (Lipinski definition) is 6. The number of carbonyl (C=O) groups excluding carboxylic acids is 2. The molecule has 1 aliphatic heterocycles. The van der Waals surface area contributed by atoms with E-state index in [1.54, 1.807) is 24.3 Å². The van der Waals surface area contributed by atoms with Crippen LogP contribution >= 0.6 is 11.6 Å². The van der Waals surface area contributed by atoms with Gasteiger partial charge in [-0.25, -0.2) is 0 Å². The third kappa shape index (κ3) is 5.77. The third-order valence-corrected chi connectivity index (χ3v) is 4.73. The van der Waals surface area contributed by atoms with Crippen molar-refractivity contribution in [1.82, 2.24) is 4.90 Å². The van der Waals surface area contributed by atoms with Crippen LogP contribution in [-0.4, -0.2) is 58.8 Å². The molecule has 2 amide bonds. The van der Waals surface area contributed by atoms with Gasteiger partial charge < -0.3 is 29.9 Å². The number of benzene rings is 2. The van der Waals surface area contributed by atoms with Crippen LogP contribution < -0.4 is 14.8 Å².